The SMILES string of the molecule is CC(C#N)=C(C)c1ccc2c(c1)sc(=O)n2CC1CC1. The van der Waals surface area contributed by atoms with Gasteiger partial charge >= 0.3 is 4.87 Å². The Kier molecular flexibility index (Phi) is 3.23. The lowest BCUT2D eigenvalue weighted by Gasteiger charge is -2.05. The van der Waals surface area contributed by atoms with Gasteiger partial charge in [-0.05, 0) is 55.9 Å². The van der Waals surface area contributed by atoms with Gasteiger partial charge in [0.1, 0.15) is 0 Å². The molecule has 0 N–H and O–H groups in total. The lowest BCUT2D eigenvalue weighted by molar-refractivity contribution is 0.637. The molecule has 1 aromatic heterocycles. The quantitative estimate of drug-likeness (QED) is 0.805. The van der Waals surface area contributed by atoms with Crippen molar-refractivity contribution in [2.45, 2.75) is 33.2 Å². The molecule has 1 heterocycles. The van der Waals surface area contributed by atoms with E-state index in [4.69, 9.17) is 5.26 Å². The molecule has 0 bridgehead atoms. The Bertz CT molecular complexity index is 800. The number of allylic oxidation sites excluding steroid dienone is 2. The minimum Gasteiger partial charge on any atom is -0.298 e. The van der Waals surface area contributed by atoms with Crippen LogP contribution in [0.2, 0.25) is 0 Å². The van der Waals surface area contributed by atoms with E-state index in [9.17, 15) is 4.79 Å². The van der Waals surface area contributed by atoms with Crippen molar-refractivity contribution in [1.82, 2.24) is 4.57 Å². The summed E-state index contributed by atoms with van der Waals surface area (Å²) in [5.41, 5.74) is 3.74. The molecule has 1 aliphatic carbocycles. The molecule has 3 nitrogen and oxygen atoms in total. The van der Waals surface area contributed by atoms with Crippen LogP contribution in [0.3, 0.4) is 0 Å². The summed E-state index contributed by atoms with van der Waals surface area (Å²) in [5, 5.41) is 8.97. The lowest BCUT2D eigenvalue weighted by Crippen LogP contribution is -2.13. The summed E-state index contributed by atoms with van der Waals surface area (Å²) in [4.78, 5) is 12.2. The number of rotatable bonds is 3. The van der Waals surface area contributed by atoms with Crippen molar-refractivity contribution in [1.29, 1.82) is 5.26 Å². The second kappa shape index (κ2) is 4.92. The van der Waals surface area contributed by atoms with Gasteiger partial charge in [0.25, 0.3) is 0 Å². The van der Waals surface area contributed by atoms with Crippen LogP contribution in [0.4, 0.5) is 0 Å². The smallest absolute Gasteiger partial charge is 0.298 e. The fourth-order valence-corrected chi connectivity index (χ4v) is 3.27. The van der Waals surface area contributed by atoms with Crippen molar-refractivity contribution >= 4 is 27.1 Å². The maximum absolute atomic E-state index is 12.1. The molecule has 1 aromatic carbocycles. The van der Waals surface area contributed by atoms with Gasteiger partial charge in [0.15, 0.2) is 0 Å². The van der Waals surface area contributed by atoms with Crippen LogP contribution in [0.15, 0.2) is 28.6 Å². The number of hydrogen-bond donors (Lipinski definition) is 0. The van der Waals surface area contributed by atoms with E-state index in [-0.39, 0.29) is 4.87 Å². The summed E-state index contributed by atoms with van der Waals surface area (Å²) in [6.07, 6.45) is 2.48. The molecule has 0 saturated heterocycles. The van der Waals surface area contributed by atoms with Gasteiger partial charge in [-0.2, -0.15) is 5.26 Å². The van der Waals surface area contributed by atoms with E-state index in [2.05, 4.69) is 6.07 Å². The fraction of sp³-hybridized carbons (Fsp3) is 0.375. The standard InChI is InChI=1S/C16H16N2OS/c1-10(8-17)11(2)13-5-6-14-15(7-13)20-16(19)18(14)9-12-3-4-12/h5-7,12H,3-4,9H2,1-2H3. The topological polar surface area (TPSA) is 45.8 Å². The van der Waals surface area contributed by atoms with Crippen LogP contribution < -0.4 is 4.87 Å². The first kappa shape index (κ1) is 13.1. The van der Waals surface area contributed by atoms with E-state index < -0.39 is 0 Å². The van der Waals surface area contributed by atoms with Gasteiger partial charge in [-0.3, -0.25) is 9.36 Å². The first-order valence-electron chi connectivity index (χ1n) is 6.81. The molecule has 3 rings (SSSR count). The highest BCUT2D eigenvalue weighted by Gasteiger charge is 2.23. The van der Waals surface area contributed by atoms with Gasteiger partial charge in [0.05, 0.1) is 16.3 Å². The average Bonchev–Trinajstić information content (AvgIpc) is 3.21. The first-order valence-corrected chi connectivity index (χ1v) is 7.63. The lowest BCUT2D eigenvalue weighted by atomic mass is 10.0. The minimum atomic E-state index is 0.127. The largest absolute Gasteiger partial charge is 0.308 e. The molecule has 1 fully saturated rings. The van der Waals surface area contributed by atoms with Gasteiger partial charge in [-0.15, -0.1) is 0 Å². The number of fused-ring (bicyclic) bond motifs is 1. The summed E-state index contributed by atoms with van der Waals surface area (Å²) in [6, 6.07) is 8.23. The predicted molar refractivity (Wildman–Crippen MR) is 82.7 cm³/mol. The van der Waals surface area contributed by atoms with Crippen molar-refractivity contribution in [2.24, 2.45) is 5.92 Å². The zero-order valence-corrected chi connectivity index (χ0v) is 12.5. The van der Waals surface area contributed by atoms with E-state index in [0.29, 0.717) is 11.5 Å². The molecule has 2 aromatic rings. The Labute approximate surface area is 121 Å². The normalized spacial score (nSPS) is 16.1. The van der Waals surface area contributed by atoms with Gasteiger partial charge in [-0.1, -0.05) is 17.4 Å². The summed E-state index contributed by atoms with van der Waals surface area (Å²) in [6.45, 7) is 4.62. The predicted octanol–water partition coefficient (Wildman–Crippen LogP) is 3.79. The number of thiazole rings is 1. The highest BCUT2D eigenvalue weighted by Crippen LogP contribution is 2.32. The molecule has 1 saturated carbocycles. The van der Waals surface area contributed by atoms with Gasteiger partial charge < -0.3 is 0 Å². The molecule has 1 aliphatic rings. The number of nitrogens with zero attached hydrogens (tertiary/aromatic N) is 2. The van der Waals surface area contributed by atoms with Crippen LogP contribution in [0.5, 0.6) is 0 Å². The maximum Gasteiger partial charge on any atom is 0.308 e. The van der Waals surface area contributed by atoms with Crippen molar-refractivity contribution < 1.29 is 0 Å². The molecule has 102 valence electrons. The van der Waals surface area contributed by atoms with Gasteiger partial charge in [0.2, 0.25) is 0 Å². The van der Waals surface area contributed by atoms with Crippen molar-refractivity contribution in [2.75, 3.05) is 0 Å². The van der Waals surface area contributed by atoms with E-state index >= 15 is 0 Å². The Morgan fingerprint density at radius 1 is 1.45 bits per heavy atom. The number of hydrogen-bond acceptors (Lipinski definition) is 3. The number of nitriles is 1. The summed E-state index contributed by atoms with van der Waals surface area (Å²) in [7, 11) is 0. The monoisotopic (exact) mass is 284 g/mol. The Morgan fingerprint density at radius 2 is 2.20 bits per heavy atom. The van der Waals surface area contributed by atoms with Crippen LogP contribution in [-0.4, -0.2) is 4.57 Å². The molecule has 0 unspecified atom stereocenters. The van der Waals surface area contributed by atoms with Gasteiger partial charge in [-0.25, -0.2) is 0 Å². The van der Waals surface area contributed by atoms with Crippen LogP contribution in [0.1, 0.15) is 32.3 Å². The van der Waals surface area contributed by atoms with Crippen molar-refractivity contribution in [3.63, 3.8) is 0 Å². The number of aromatic nitrogens is 1. The van der Waals surface area contributed by atoms with Crippen LogP contribution in [0.25, 0.3) is 15.8 Å². The van der Waals surface area contributed by atoms with E-state index in [1.54, 1.807) is 0 Å². The zero-order chi connectivity index (χ0) is 14.3. The molecule has 0 amide bonds. The number of benzene rings is 1. The molecule has 4 heteroatoms. The van der Waals surface area contributed by atoms with Crippen LogP contribution in [0, 0.1) is 17.2 Å². The van der Waals surface area contributed by atoms with Crippen LogP contribution in [-0.2, 0) is 6.54 Å². The highest BCUT2D eigenvalue weighted by atomic mass is 32.1. The molecule has 0 aliphatic heterocycles. The molecule has 0 radical (unpaired) electrons. The summed E-state index contributed by atoms with van der Waals surface area (Å²) >= 11 is 1.30. The summed E-state index contributed by atoms with van der Waals surface area (Å²) in [5.74, 6) is 0.688. The Balaban J connectivity index is 2.09. The molecule has 0 spiro atoms. The maximum atomic E-state index is 12.1. The second-order valence-corrected chi connectivity index (χ2v) is 6.46. The summed E-state index contributed by atoms with van der Waals surface area (Å²) < 4.78 is 2.91. The molecule has 20 heavy (non-hydrogen) atoms. The third-order valence-corrected chi connectivity index (χ3v) is 4.91. The molecule has 0 atom stereocenters. The van der Waals surface area contributed by atoms with E-state index in [1.807, 2.05) is 36.6 Å². The zero-order valence-electron chi connectivity index (χ0n) is 11.6. The van der Waals surface area contributed by atoms with E-state index in [1.165, 1.54) is 24.2 Å². The molecular formula is C16H16N2OS. The molecular weight excluding hydrogens is 268 g/mol. The third kappa shape index (κ3) is 2.30. The van der Waals surface area contributed by atoms with Crippen molar-refractivity contribution in [3.8, 4) is 6.07 Å². The average molecular weight is 284 g/mol. The van der Waals surface area contributed by atoms with Crippen molar-refractivity contribution in [3.05, 3.63) is 39.0 Å². The first-order chi connectivity index (χ1) is 9.60. The van der Waals surface area contributed by atoms with E-state index in [0.717, 1.165) is 27.9 Å². The third-order valence-electron chi connectivity index (χ3n) is 3.97. The van der Waals surface area contributed by atoms with Gasteiger partial charge in [0, 0.05) is 12.1 Å². The Hall–Kier alpha value is -1.86. The second-order valence-electron chi connectivity index (χ2n) is 5.47. The highest BCUT2D eigenvalue weighted by molar-refractivity contribution is 7.16. The fourth-order valence-electron chi connectivity index (χ4n) is 2.33. The minimum absolute atomic E-state index is 0.127. The Morgan fingerprint density at radius 3 is 2.85 bits per heavy atom. The van der Waals surface area contributed by atoms with Crippen LogP contribution >= 0.6 is 11.3 Å².